The Morgan fingerprint density at radius 2 is 2.26 bits per heavy atom. The minimum atomic E-state index is -0.797. The number of carboxylic acid groups (broad SMARTS) is 1. The molecule has 0 aliphatic carbocycles. The van der Waals surface area contributed by atoms with Crippen LogP contribution in [-0.2, 0) is 22.5 Å². The maximum atomic E-state index is 11.2. The first-order chi connectivity index (χ1) is 9.24. The third-order valence-corrected chi connectivity index (χ3v) is 3.90. The maximum Gasteiger partial charge on any atom is 0.314 e. The number of aliphatic carboxylic acids is 1. The summed E-state index contributed by atoms with van der Waals surface area (Å²) in [6.45, 7) is 1.59. The Bertz CT molecular complexity index is 466. The number of aryl methyl sites for hydroxylation is 1. The van der Waals surface area contributed by atoms with Gasteiger partial charge in [0.15, 0.2) is 5.82 Å². The van der Waals surface area contributed by atoms with E-state index in [2.05, 4.69) is 10.1 Å². The van der Waals surface area contributed by atoms with Crippen molar-refractivity contribution in [3.05, 3.63) is 11.6 Å². The summed E-state index contributed by atoms with van der Waals surface area (Å²) in [5, 5.41) is 13.6. The van der Waals surface area contributed by atoms with Gasteiger partial charge in [0, 0.05) is 19.6 Å². The van der Waals surface area contributed by atoms with Gasteiger partial charge >= 0.3 is 5.97 Å². The number of carboxylic acids is 1. The molecular weight excluding hydrogens is 246 g/mol. The van der Waals surface area contributed by atoms with Crippen LogP contribution in [0.2, 0.25) is 0 Å². The molecular formula is C13H19N3O3. The molecule has 2 unspecified atom stereocenters. The second-order valence-corrected chi connectivity index (χ2v) is 5.34. The number of hydrogen-bond donors (Lipinski definition) is 1. The monoisotopic (exact) mass is 265 g/mol. The van der Waals surface area contributed by atoms with Gasteiger partial charge in [-0.2, -0.15) is 5.10 Å². The number of nitrogens with zero attached hydrogens (tertiary/aromatic N) is 3. The van der Waals surface area contributed by atoms with Crippen LogP contribution in [0.5, 0.6) is 0 Å². The lowest BCUT2D eigenvalue weighted by Crippen LogP contribution is -2.22. The predicted molar refractivity (Wildman–Crippen MR) is 66.9 cm³/mol. The topological polar surface area (TPSA) is 77.2 Å². The fourth-order valence-corrected chi connectivity index (χ4v) is 2.89. The zero-order valence-electron chi connectivity index (χ0n) is 10.9. The minimum Gasteiger partial charge on any atom is -0.481 e. The lowest BCUT2D eigenvalue weighted by Gasteiger charge is -2.21. The van der Waals surface area contributed by atoms with Crippen LogP contribution in [0.15, 0.2) is 0 Å². The molecule has 1 aromatic rings. The van der Waals surface area contributed by atoms with Crippen molar-refractivity contribution in [2.24, 2.45) is 0 Å². The van der Waals surface area contributed by atoms with Crippen LogP contribution < -0.4 is 0 Å². The summed E-state index contributed by atoms with van der Waals surface area (Å²) >= 11 is 0. The number of ether oxygens (including phenoxy) is 1. The molecule has 2 atom stereocenters. The van der Waals surface area contributed by atoms with Crippen molar-refractivity contribution >= 4 is 5.97 Å². The number of hydrogen-bond acceptors (Lipinski definition) is 4. The number of carbonyl (C=O) groups is 1. The summed E-state index contributed by atoms with van der Waals surface area (Å²) in [5.41, 5.74) is 0. The Balaban J connectivity index is 1.75. The van der Waals surface area contributed by atoms with Crippen LogP contribution >= 0.6 is 0 Å². The van der Waals surface area contributed by atoms with E-state index in [1.807, 2.05) is 0 Å². The van der Waals surface area contributed by atoms with Crippen molar-refractivity contribution in [3.63, 3.8) is 0 Å². The van der Waals surface area contributed by atoms with Crippen molar-refractivity contribution in [1.82, 2.24) is 14.8 Å². The molecule has 1 aromatic heterocycles. The van der Waals surface area contributed by atoms with Gasteiger partial charge in [0.1, 0.15) is 11.7 Å². The number of aromatic nitrogens is 3. The zero-order chi connectivity index (χ0) is 13.2. The van der Waals surface area contributed by atoms with Crippen LogP contribution in [-0.4, -0.2) is 38.6 Å². The molecule has 1 fully saturated rings. The summed E-state index contributed by atoms with van der Waals surface area (Å²) in [6, 6.07) is 0. The molecule has 1 N–H and O–H groups in total. The van der Waals surface area contributed by atoms with E-state index in [0.29, 0.717) is 18.7 Å². The van der Waals surface area contributed by atoms with Crippen LogP contribution in [0.25, 0.3) is 0 Å². The molecule has 3 rings (SSSR count). The fourth-order valence-electron chi connectivity index (χ4n) is 2.89. The highest BCUT2D eigenvalue weighted by atomic mass is 16.5. The molecule has 6 nitrogen and oxygen atoms in total. The van der Waals surface area contributed by atoms with Crippen LogP contribution in [0.3, 0.4) is 0 Å². The van der Waals surface area contributed by atoms with E-state index in [9.17, 15) is 9.90 Å². The lowest BCUT2D eigenvalue weighted by atomic mass is 10.00. The second-order valence-electron chi connectivity index (χ2n) is 5.34. The van der Waals surface area contributed by atoms with Crippen molar-refractivity contribution in [2.45, 2.75) is 57.1 Å². The molecule has 19 heavy (non-hydrogen) atoms. The Hall–Kier alpha value is -1.43. The summed E-state index contributed by atoms with van der Waals surface area (Å²) in [4.78, 5) is 15.6. The van der Waals surface area contributed by atoms with Gasteiger partial charge in [-0.05, 0) is 32.1 Å². The van der Waals surface area contributed by atoms with Crippen molar-refractivity contribution in [2.75, 3.05) is 6.61 Å². The van der Waals surface area contributed by atoms with Crippen molar-refractivity contribution < 1.29 is 14.6 Å². The molecule has 6 heteroatoms. The first-order valence-corrected chi connectivity index (χ1v) is 7.02. The average molecular weight is 265 g/mol. The summed E-state index contributed by atoms with van der Waals surface area (Å²) in [7, 11) is 0. The normalized spacial score (nSPS) is 26.9. The first-order valence-electron chi connectivity index (χ1n) is 7.02. The molecule has 0 aromatic carbocycles. The van der Waals surface area contributed by atoms with Crippen LogP contribution in [0.4, 0.5) is 0 Å². The van der Waals surface area contributed by atoms with Gasteiger partial charge in [-0.3, -0.25) is 4.79 Å². The molecule has 2 aliphatic rings. The van der Waals surface area contributed by atoms with Crippen LogP contribution in [0.1, 0.15) is 49.7 Å². The maximum absolute atomic E-state index is 11.2. The highest BCUT2D eigenvalue weighted by Crippen LogP contribution is 2.26. The highest BCUT2D eigenvalue weighted by molar-refractivity contribution is 5.75. The third-order valence-electron chi connectivity index (χ3n) is 3.90. The third kappa shape index (κ3) is 2.63. The fraction of sp³-hybridized carbons (Fsp3) is 0.769. The van der Waals surface area contributed by atoms with E-state index in [4.69, 9.17) is 4.74 Å². The SMILES string of the molecule is O=C(O)C1CCCn2nc(CC3CCCCO3)nc21. The summed E-state index contributed by atoms with van der Waals surface area (Å²) < 4.78 is 7.45. The zero-order valence-corrected chi connectivity index (χ0v) is 10.9. The predicted octanol–water partition coefficient (Wildman–Crippen LogP) is 1.35. The Morgan fingerprint density at radius 1 is 1.37 bits per heavy atom. The molecule has 104 valence electrons. The molecule has 0 amide bonds. The quantitative estimate of drug-likeness (QED) is 0.892. The average Bonchev–Trinajstić information content (AvgIpc) is 2.81. The van der Waals surface area contributed by atoms with Crippen molar-refractivity contribution in [3.8, 4) is 0 Å². The van der Waals surface area contributed by atoms with E-state index in [1.165, 1.54) is 6.42 Å². The second kappa shape index (κ2) is 5.28. The van der Waals surface area contributed by atoms with Gasteiger partial charge in [-0.15, -0.1) is 0 Å². The smallest absolute Gasteiger partial charge is 0.314 e. The molecule has 0 radical (unpaired) electrons. The van der Waals surface area contributed by atoms with Gasteiger partial charge in [0.25, 0.3) is 0 Å². The molecule has 1 saturated heterocycles. The van der Waals surface area contributed by atoms with E-state index in [0.717, 1.165) is 38.2 Å². The van der Waals surface area contributed by atoms with Gasteiger partial charge < -0.3 is 9.84 Å². The van der Waals surface area contributed by atoms with Gasteiger partial charge in [-0.25, -0.2) is 9.67 Å². The standard InChI is InChI=1S/C13H19N3O3/c17-13(18)10-5-3-6-16-12(10)14-11(15-16)8-9-4-1-2-7-19-9/h9-10H,1-8H2,(H,17,18). The van der Waals surface area contributed by atoms with Crippen LogP contribution in [0, 0.1) is 0 Å². The van der Waals surface area contributed by atoms with E-state index >= 15 is 0 Å². The Morgan fingerprint density at radius 3 is 3.00 bits per heavy atom. The number of rotatable bonds is 3. The highest BCUT2D eigenvalue weighted by Gasteiger charge is 2.30. The van der Waals surface area contributed by atoms with E-state index in [1.54, 1.807) is 4.68 Å². The van der Waals surface area contributed by atoms with Gasteiger partial charge in [-0.1, -0.05) is 0 Å². The van der Waals surface area contributed by atoms with Gasteiger partial charge in [0.2, 0.25) is 0 Å². The first kappa shape index (κ1) is 12.6. The minimum absolute atomic E-state index is 0.196. The molecule has 0 spiro atoms. The largest absolute Gasteiger partial charge is 0.481 e. The summed E-state index contributed by atoms with van der Waals surface area (Å²) in [6.07, 6.45) is 5.78. The number of fused-ring (bicyclic) bond motifs is 1. The summed E-state index contributed by atoms with van der Waals surface area (Å²) in [5.74, 6) is 0.0516. The van der Waals surface area contributed by atoms with E-state index < -0.39 is 11.9 Å². The molecule has 0 bridgehead atoms. The Labute approximate surface area is 111 Å². The van der Waals surface area contributed by atoms with Crippen molar-refractivity contribution in [1.29, 1.82) is 0 Å². The van der Waals surface area contributed by atoms with Gasteiger partial charge in [0.05, 0.1) is 6.10 Å². The Kier molecular flexibility index (Phi) is 3.50. The molecule has 3 heterocycles. The van der Waals surface area contributed by atoms with E-state index in [-0.39, 0.29) is 6.10 Å². The molecule has 0 saturated carbocycles. The molecule has 2 aliphatic heterocycles. The lowest BCUT2D eigenvalue weighted by molar-refractivity contribution is -0.139.